The first-order valence-electron chi connectivity index (χ1n) is 6.58. The third-order valence-corrected chi connectivity index (χ3v) is 3.37. The van der Waals surface area contributed by atoms with Crippen molar-refractivity contribution >= 4 is 0 Å². The zero-order valence-electron chi connectivity index (χ0n) is 11.2. The van der Waals surface area contributed by atoms with Gasteiger partial charge in [0.15, 0.2) is 0 Å². The molecule has 0 spiro atoms. The summed E-state index contributed by atoms with van der Waals surface area (Å²) in [6.07, 6.45) is 2.94. The van der Waals surface area contributed by atoms with E-state index in [1.54, 1.807) is 6.08 Å². The fourth-order valence-corrected chi connectivity index (χ4v) is 2.70. The van der Waals surface area contributed by atoms with Crippen LogP contribution in [0.2, 0.25) is 0 Å². The van der Waals surface area contributed by atoms with Crippen molar-refractivity contribution in [2.45, 2.75) is 26.2 Å². The molecule has 3 rings (SSSR count). The van der Waals surface area contributed by atoms with Gasteiger partial charge in [-0.1, -0.05) is 61.5 Å². The Morgan fingerprint density at radius 2 is 1.33 bits per heavy atom. The molecule has 1 aliphatic rings. The first-order valence-corrected chi connectivity index (χ1v) is 6.58. The van der Waals surface area contributed by atoms with Crippen LogP contribution >= 0.6 is 0 Å². The van der Waals surface area contributed by atoms with Gasteiger partial charge >= 0.3 is 0 Å². The van der Waals surface area contributed by atoms with Crippen molar-refractivity contribution in [3.63, 3.8) is 0 Å². The Labute approximate surface area is 110 Å². The number of benzene rings is 2. The van der Waals surface area contributed by atoms with E-state index in [0.717, 1.165) is 0 Å². The largest absolute Gasteiger partial charge is 0.103 e. The van der Waals surface area contributed by atoms with E-state index < -0.39 is 0 Å². The second-order valence-electron chi connectivity index (χ2n) is 4.54. The van der Waals surface area contributed by atoms with Gasteiger partial charge in [-0.15, -0.1) is 6.58 Å². The summed E-state index contributed by atoms with van der Waals surface area (Å²) in [7, 11) is 0. The number of hydrogen-bond acceptors (Lipinski definition) is 0. The van der Waals surface area contributed by atoms with Crippen LogP contribution in [0.15, 0.2) is 61.2 Å². The predicted molar refractivity (Wildman–Crippen MR) is 79.9 cm³/mol. The third-order valence-electron chi connectivity index (χ3n) is 3.37. The highest BCUT2D eigenvalue weighted by Gasteiger charge is 2.25. The molecule has 2 aromatic carbocycles. The van der Waals surface area contributed by atoms with Crippen molar-refractivity contribution in [1.82, 2.24) is 0 Å². The molecule has 0 fully saturated rings. The van der Waals surface area contributed by atoms with Gasteiger partial charge in [-0.05, 0) is 35.6 Å². The molecule has 0 aliphatic heterocycles. The highest BCUT2D eigenvalue weighted by molar-refractivity contribution is 5.78. The van der Waals surface area contributed by atoms with E-state index in [9.17, 15) is 0 Å². The van der Waals surface area contributed by atoms with Crippen LogP contribution in [0.5, 0.6) is 0 Å². The van der Waals surface area contributed by atoms with Crippen LogP contribution in [0.1, 0.15) is 37.3 Å². The number of fused-ring (bicyclic) bond motifs is 3. The van der Waals surface area contributed by atoms with Crippen LogP contribution in [-0.2, 0) is 0 Å². The quantitative estimate of drug-likeness (QED) is 0.581. The van der Waals surface area contributed by atoms with Gasteiger partial charge in [0.1, 0.15) is 0 Å². The molecule has 0 saturated carbocycles. The van der Waals surface area contributed by atoms with Crippen molar-refractivity contribution in [3.8, 4) is 11.1 Å². The Bertz CT molecular complexity index is 492. The van der Waals surface area contributed by atoms with E-state index >= 15 is 0 Å². The summed E-state index contributed by atoms with van der Waals surface area (Å²) in [6.45, 7) is 7.52. The van der Waals surface area contributed by atoms with Gasteiger partial charge in [-0.25, -0.2) is 0 Å². The molecule has 92 valence electrons. The Morgan fingerprint density at radius 3 is 1.72 bits per heavy atom. The lowest BCUT2D eigenvalue weighted by molar-refractivity contribution is 0.797. The summed E-state index contributed by atoms with van der Waals surface area (Å²) < 4.78 is 0. The van der Waals surface area contributed by atoms with E-state index in [1.807, 2.05) is 6.92 Å². The van der Waals surface area contributed by atoms with E-state index in [0.29, 0.717) is 5.92 Å². The van der Waals surface area contributed by atoms with Gasteiger partial charge < -0.3 is 0 Å². The molecular formula is C18H20. The third kappa shape index (κ3) is 2.11. The summed E-state index contributed by atoms with van der Waals surface area (Å²) in [5.41, 5.74) is 5.86. The van der Waals surface area contributed by atoms with Gasteiger partial charge in [-0.2, -0.15) is 0 Å². The highest BCUT2D eigenvalue weighted by atomic mass is 14.3. The topological polar surface area (TPSA) is 0 Å². The van der Waals surface area contributed by atoms with E-state index in [4.69, 9.17) is 0 Å². The molecule has 2 aromatic rings. The molecule has 0 unspecified atom stereocenters. The Morgan fingerprint density at radius 1 is 0.944 bits per heavy atom. The second kappa shape index (κ2) is 5.68. The van der Waals surface area contributed by atoms with Crippen molar-refractivity contribution in [2.75, 3.05) is 0 Å². The Balaban J connectivity index is 0.000000367. The fourth-order valence-electron chi connectivity index (χ4n) is 2.70. The smallest absolute Gasteiger partial charge is 0.00990 e. The van der Waals surface area contributed by atoms with Crippen LogP contribution in [-0.4, -0.2) is 0 Å². The van der Waals surface area contributed by atoms with Gasteiger partial charge in [0.2, 0.25) is 0 Å². The maximum atomic E-state index is 3.36. The highest BCUT2D eigenvalue weighted by Crippen LogP contribution is 2.45. The first-order chi connectivity index (χ1) is 8.83. The predicted octanol–water partition coefficient (Wildman–Crippen LogP) is 5.40. The molecule has 0 heteroatoms. The zero-order valence-corrected chi connectivity index (χ0v) is 11.2. The SMILES string of the molecule is C=CC.CCC1c2ccccc2-c2ccccc21. The standard InChI is InChI=1S/C15H14.C3H6/c1-2-11-12-7-3-5-9-14(12)15-10-6-4-8-13(11)15;1-3-2/h3-11H,2H2,1H3;3H,1H2,2H3. The molecule has 0 heterocycles. The fraction of sp³-hybridized carbons (Fsp3) is 0.222. The maximum absolute atomic E-state index is 3.36. The minimum atomic E-state index is 0.609. The number of rotatable bonds is 1. The average molecular weight is 236 g/mol. The lowest BCUT2D eigenvalue weighted by Crippen LogP contribution is -1.93. The van der Waals surface area contributed by atoms with Crippen LogP contribution in [0.25, 0.3) is 11.1 Å². The summed E-state index contributed by atoms with van der Waals surface area (Å²) >= 11 is 0. The lowest BCUT2D eigenvalue weighted by Gasteiger charge is -2.09. The lowest BCUT2D eigenvalue weighted by atomic mass is 9.95. The molecule has 0 aromatic heterocycles. The summed E-state index contributed by atoms with van der Waals surface area (Å²) in [5, 5.41) is 0. The Kier molecular flexibility index (Phi) is 3.99. The van der Waals surface area contributed by atoms with Crippen molar-refractivity contribution in [2.24, 2.45) is 0 Å². The van der Waals surface area contributed by atoms with E-state index in [1.165, 1.54) is 28.7 Å². The van der Waals surface area contributed by atoms with Gasteiger partial charge in [0.25, 0.3) is 0 Å². The van der Waals surface area contributed by atoms with Crippen LogP contribution in [0, 0.1) is 0 Å². The minimum Gasteiger partial charge on any atom is -0.103 e. The van der Waals surface area contributed by atoms with E-state index in [-0.39, 0.29) is 0 Å². The van der Waals surface area contributed by atoms with E-state index in [2.05, 4.69) is 62.0 Å². The molecule has 0 N–H and O–H groups in total. The molecular weight excluding hydrogens is 216 g/mol. The second-order valence-corrected chi connectivity index (χ2v) is 4.54. The van der Waals surface area contributed by atoms with Gasteiger partial charge in [0, 0.05) is 5.92 Å². The normalized spacial score (nSPS) is 12.1. The molecule has 0 atom stereocenters. The summed E-state index contributed by atoms with van der Waals surface area (Å²) in [5.74, 6) is 0.609. The summed E-state index contributed by atoms with van der Waals surface area (Å²) in [4.78, 5) is 0. The monoisotopic (exact) mass is 236 g/mol. The average Bonchev–Trinajstić information content (AvgIpc) is 2.73. The van der Waals surface area contributed by atoms with Gasteiger partial charge in [-0.3, -0.25) is 0 Å². The molecule has 0 saturated heterocycles. The van der Waals surface area contributed by atoms with Gasteiger partial charge in [0.05, 0.1) is 0 Å². The van der Waals surface area contributed by atoms with Crippen molar-refractivity contribution < 1.29 is 0 Å². The summed E-state index contributed by atoms with van der Waals surface area (Å²) in [6, 6.07) is 17.6. The minimum absolute atomic E-state index is 0.609. The molecule has 0 bridgehead atoms. The van der Waals surface area contributed by atoms with Crippen molar-refractivity contribution in [3.05, 3.63) is 72.3 Å². The maximum Gasteiger partial charge on any atom is 0.00990 e. The van der Waals surface area contributed by atoms with Crippen LogP contribution in [0.4, 0.5) is 0 Å². The molecule has 18 heavy (non-hydrogen) atoms. The van der Waals surface area contributed by atoms with Crippen LogP contribution < -0.4 is 0 Å². The number of allylic oxidation sites excluding steroid dienone is 1. The Hall–Kier alpha value is -1.82. The first kappa shape index (κ1) is 12.6. The molecule has 0 nitrogen and oxygen atoms in total. The van der Waals surface area contributed by atoms with Crippen LogP contribution in [0.3, 0.4) is 0 Å². The molecule has 1 aliphatic carbocycles. The number of hydrogen-bond donors (Lipinski definition) is 0. The molecule has 0 radical (unpaired) electrons. The molecule has 0 amide bonds. The van der Waals surface area contributed by atoms with Crippen molar-refractivity contribution in [1.29, 1.82) is 0 Å². The zero-order chi connectivity index (χ0) is 13.0.